The number of aliphatic hydroxyl groups excluding tert-OH is 1. The fraction of sp³-hybridized carbons (Fsp3) is 0.273. The fourth-order valence-electron chi connectivity index (χ4n) is 1.18. The average Bonchev–Trinajstić information content (AvgIpc) is 2.25. The van der Waals surface area contributed by atoms with Gasteiger partial charge in [0.1, 0.15) is 12.4 Å². The lowest BCUT2D eigenvalue weighted by atomic mass is 10.1. The molecule has 0 aromatic heterocycles. The minimum Gasteiger partial charge on any atom is -0.389 e. The van der Waals surface area contributed by atoms with Crippen LogP contribution in [0.4, 0.5) is 4.39 Å². The molecule has 0 spiro atoms. The summed E-state index contributed by atoms with van der Waals surface area (Å²) in [5, 5.41) is 8.49. The van der Waals surface area contributed by atoms with Gasteiger partial charge in [-0.05, 0) is 34.1 Å². The Morgan fingerprint density at radius 1 is 1.31 bits per heavy atom. The van der Waals surface area contributed by atoms with E-state index >= 15 is 0 Å². The van der Waals surface area contributed by atoms with E-state index in [9.17, 15) is 14.0 Å². The van der Waals surface area contributed by atoms with Crippen molar-refractivity contribution in [3.05, 3.63) is 34.1 Å². The van der Waals surface area contributed by atoms with Crippen molar-refractivity contribution in [2.75, 3.05) is 6.61 Å². The Balaban J connectivity index is 2.70. The molecule has 1 aromatic rings. The Morgan fingerprint density at radius 2 is 2.00 bits per heavy atom. The summed E-state index contributed by atoms with van der Waals surface area (Å²) in [6, 6.07) is 3.75. The van der Waals surface area contributed by atoms with Gasteiger partial charge in [0, 0.05) is 22.9 Å². The van der Waals surface area contributed by atoms with E-state index < -0.39 is 12.4 Å². The molecular formula is C11H10BrFO3. The van der Waals surface area contributed by atoms with E-state index in [-0.39, 0.29) is 24.4 Å². The first kappa shape index (κ1) is 13.0. The third-order valence-corrected chi connectivity index (χ3v) is 2.69. The van der Waals surface area contributed by atoms with Gasteiger partial charge in [0.05, 0.1) is 0 Å². The van der Waals surface area contributed by atoms with Crippen molar-refractivity contribution < 1.29 is 19.1 Å². The van der Waals surface area contributed by atoms with Crippen LogP contribution in [0.3, 0.4) is 0 Å². The van der Waals surface area contributed by atoms with Crippen LogP contribution in [0.25, 0.3) is 0 Å². The van der Waals surface area contributed by atoms with E-state index in [1.807, 2.05) is 0 Å². The molecule has 0 atom stereocenters. The molecule has 3 nitrogen and oxygen atoms in total. The van der Waals surface area contributed by atoms with Crippen LogP contribution in [0, 0.1) is 5.82 Å². The minimum atomic E-state index is -0.558. The first-order valence-corrected chi connectivity index (χ1v) is 5.44. The van der Waals surface area contributed by atoms with E-state index in [4.69, 9.17) is 5.11 Å². The maximum Gasteiger partial charge on any atom is 0.164 e. The molecule has 0 fully saturated rings. The summed E-state index contributed by atoms with van der Waals surface area (Å²) in [6.45, 7) is -0.558. The zero-order chi connectivity index (χ0) is 12.1. The molecule has 0 aliphatic carbocycles. The largest absolute Gasteiger partial charge is 0.389 e. The Kier molecular flexibility index (Phi) is 4.76. The molecule has 86 valence electrons. The number of halogens is 2. The lowest BCUT2D eigenvalue weighted by molar-refractivity contribution is -0.121. The summed E-state index contributed by atoms with van der Waals surface area (Å²) in [6.07, 6.45) is 0.0166. The van der Waals surface area contributed by atoms with Gasteiger partial charge in [-0.1, -0.05) is 0 Å². The quantitative estimate of drug-likeness (QED) is 0.845. The van der Waals surface area contributed by atoms with Gasteiger partial charge in [0.2, 0.25) is 0 Å². The number of Topliss-reactive ketones (excluding diaryl/α,β-unsaturated/α-hetero) is 2. The molecule has 0 saturated carbocycles. The van der Waals surface area contributed by atoms with Crippen molar-refractivity contribution in [1.82, 2.24) is 0 Å². The molecule has 1 aromatic carbocycles. The molecular weight excluding hydrogens is 279 g/mol. The summed E-state index contributed by atoms with van der Waals surface area (Å²) in [4.78, 5) is 22.4. The van der Waals surface area contributed by atoms with E-state index in [0.29, 0.717) is 10.0 Å². The second-order valence-electron chi connectivity index (χ2n) is 3.24. The maximum absolute atomic E-state index is 12.8. The van der Waals surface area contributed by atoms with E-state index in [1.54, 1.807) is 0 Å². The van der Waals surface area contributed by atoms with Gasteiger partial charge in [-0.15, -0.1) is 0 Å². The zero-order valence-electron chi connectivity index (χ0n) is 8.37. The van der Waals surface area contributed by atoms with Crippen LogP contribution in [0.1, 0.15) is 23.2 Å². The van der Waals surface area contributed by atoms with Crippen LogP contribution in [0.15, 0.2) is 22.7 Å². The molecule has 0 aliphatic heterocycles. The molecule has 0 amide bonds. The first-order chi connectivity index (χ1) is 7.54. The second-order valence-corrected chi connectivity index (χ2v) is 4.10. The summed E-state index contributed by atoms with van der Waals surface area (Å²) in [5.41, 5.74) is 0.340. The van der Waals surface area contributed by atoms with Crippen LogP contribution in [-0.2, 0) is 4.79 Å². The number of carbonyl (C=O) groups is 2. The zero-order valence-corrected chi connectivity index (χ0v) is 9.96. The predicted molar refractivity (Wildman–Crippen MR) is 59.8 cm³/mol. The van der Waals surface area contributed by atoms with Crippen LogP contribution >= 0.6 is 15.9 Å². The van der Waals surface area contributed by atoms with Gasteiger partial charge in [-0.3, -0.25) is 9.59 Å². The number of carbonyl (C=O) groups excluding carboxylic acids is 2. The molecule has 0 bridgehead atoms. The lowest BCUT2D eigenvalue weighted by Gasteiger charge is -2.03. The molecule has 16 heavy (non-hydrogen) atoms. The van der Waals surface area contributed by atoms with Gasteiger partial charge in [0.25, 0.3) is 0 Å². The number of hydrogen-bond acceptors (Lipinski definition) is 3. The van der Waals surface area contributed by atoms with E-state index in [0.717, 1.165) is 0 Å². The summed E-state index contributed by atoms with van der Waals surface area (Å²) >= 11 is 3.08. The van der Waals surface area contributed by atoms with Crippen LogP contribution in [0.2, 0.25) is 0 Å². The van der Waals surface area contributed by atoms with E-state index in [2.05, 4.69) is 15.9 Å². The van der Waals surface area contributed by atoms with Crippen molar-refractivity contribution in [3.63, 3.8) is 0 Å². The van der Waals surface area contributed by atoms with Crippen molar-refractivity contribution >= 4 is 27.5 Å². The third-order valence-electron chi connectivity index (χ3n) is 2.04. The van der Waals surface area contributed by atoms with E-state index in [1.165, 1.54) is 18.2 Å². The number of hydrogen-bond donors (Lipinski definition) is 1. The molecule has 0 aliphatic rings. The van der Waals surface area contributed by atoms with Crippen molar-refractivity contribution in [1.29, 1.82) is 0 Å². The highest BCUT2D eigenvalue weighted by molar-refractivity contribution is 9.10. The lowest BCUT2D eigenvalue weighted by Crippen LogP contribution is -2.08. The van der Waals surface area contributed by atoms with Crippen molar-refractivity contribution in [3.8, 4) is 0 Å². The molecule has 0 heterocycles. The maximum atomic E-state index is 12.8. The number of rotatable bonds is 5. The third kappa shape index (κ3) is 3.50. The number of benzene rings is 1. The fourth-order valence-corrected chi connectivity index (χ4v) is 1.75. The van der Waals surface area contributed by atoms with Gasteiger partial charge in [-0.25, -0.2) is 4.39 Å². The summed E-state index contributed by atoms with van der Waals surface area (Å²) < 4.78 is 13.1. The van der Waals surface area contributed by atoms with Crippen molar-refractivity contribution in [2.45, 2.75) is 12.8 Å². The van der Waals surface area contributed by atoms with Crippen LogP contribution in [-0.4, -0.2) is 23.3 Å². The summed E-state index contributed by atoms with van der Waals surface area (Å²) in [5.74, 6) is -1.07. The molecule has 5 heteroatoms. The highest BCUT2D eigenvalue weighted by Gasteiger charge is 2.12. The molecule has 0 unspecified atom stereocenters. The smallest absolute Gasteiger partial charge is 0.164 e. The Bertz CT molecular complexity index is 418. The average molecular weight is 289 g/mol. The Labute approximate surface area is 100 Å². The summed E-state index contributed by atoms with van der Waals surface area (Å²) in [7, 11) is 0. The van der Waals surface area contributed by atoms with Crippen molar-refractivity contribution in [2.24, 2.45) is 0 Å². The first-order valence-electron chi connectivity index (χ1n) is 4.65. The van der Waals surface area contributed by atoms with Gasteiger partial charge in [0.15, 0.2) is 11.6 Å². The normalized spacial score (nSPS) is 10.2. The van der Waals surface area contributed by atoms with Gasteiger partial charge >= 0.3 is 0 Å². The molecule has 0 saturated heterocycles. The van der Waals surface area contributed by atoms with Crippen LogP contribution < -0.4 is 0 Å². The van der Waals surface area contributed by atoms with Crippen LogP contribution in [0.5, 0.6) is 0 Å². The highest BCUT2D eigenvalue weighted by Crippen LogP contribution is 2.20. The monoisotopic (exact) mass is 288 g/mol. The minimum absolute atomic E-state index is 0.000843. The number of aliphatic hydroxyl groups is 1. The predicted octanol–water partition coefficient (Wildman–Crippen LogP) is 2.11. The standard InChI is InChI=1S/C11H10BrFO3/c12-10-5-7(13)1-3-9(10)11(16)4-2-8(15)6-14/h1,3,5,14H,2,4,6H2. The Morgan fingerprint density at radius 3 is 2.56 bits per heavy atom. The van der Waals surface area contributed by atoms with Gasteiger partial charge in [-0.2, -0.15) is 0 Å². The highest BCUT2D eigenvalue weighted by atomic mass is 79.9. The van der Waals surface area contributed by atoms with Gasteiger partial charge < -0.3 is 5.11 Å². The molecule has 0 radical (unpaired) electrons. The molecule has 1 rings (SSSR count). The SMILES string of the molecule is O=C(CO)CCC(=O)c1ccc(F)cc1Br. The number of ketones is 2. The topological polar surface area (TPSA) is 54.4 Å². The Hall–Kier alpha value is -1.07. The second kappa shape index (κ2) is 5.86. The molecule has 1 N–H and O–H groups in total.